The lowest BCUT2D eigenvalue weighted by molar-refractivity contribution is 0.0527. The molecule has 3 N–H and O–H groups in total. The maximum Gasteiger partial charge on any atom is 0.340 e. The first-order valence-corrected chi connectivity index (χ1v) is 7.47. The van der Waals surface area contributed by atoms with Crippen molar-refractivity contribution < 1.29 is 9.53 Å². The fourth-order valence-electron chi connectivity index (χ4n) is 1.81. The Bertz CT molecular complexity index is 677. The highest BCUT2D eigenvalue weighted by Crippen LogP contribution is 2.32. The molecule has 0 aromatic heterocycles. The normalized spacial score (nSPS) is 10.2. The Morgan fingerprint density at radius 2 is 2.14 bits per heavy atom. The number of halogens is 2. The van der Waals surface area contributed by atoms with E-state index in [-0.39, 0.29) is 0 Å². The molecular formula is C15H14BrClN2O2. The Morgan fingerprint density at radius 1 is 1.38 bits per heavy atom. The summed E-state index contributed by atoms with van der Waals surface area (Å²) in [5.74, 6) is -0.430. The van der Waals surface area contributed by atoms with Crippen molar-refractivity contribution in [3.63, 3.8) is 0 Å². The van der Waals surface area contributed by atoms with Crippen LogP contribution < -0.4 is 11.1 Å². The zero-order valence-corrected chi connectivity index (χ0v) is 13.7. The van der Waals surface area contributed by atoms with Gasteiger partial charge in [-0.2, -0.15) is 0 Å². The molecule has 0 spiro atoms. The molecule has 0 amide bonds. The second-order valence-corrected chi connectivity index (χ2v) is 5.56. The molecule has 0 bridgehead atoms. The number of carbonyl (C=O) groups excluding carboxylic acids is 1. The van der Waals surface area contributed by atoms with Gasteiger partial charge in [-0.1, -0.05) is 33.6 Å². The van der Waals surface area contributed by atoms with Crippen molar-refractivity contribution in [3.05, 3.63) is 51.5 Å². The van der Waals surface area contributed by atoms with Gasteiger partial charge in [0.2, 0.25) is 0 Å². The number of hydrogen-bond acceptors (Lipinski definition) is 4. The van der Waals surface area contributed by atoms with Crippen molar-refractivity contribution in [1.29, 1.82) is 0 Å². The summed E-state index contributed by atoms with van der Waals surface area (Å²) in [6.07, 6.45) is 0. The van der Waals surface area contributed by atoms with Crippen LogP contribution in [0.1, 0.15) is 17.3 Å². The van der Waals surface area contributed by atoms with Gasteiger partial charge in [-0.25, -0.2) is 4.79 Å². The van der Waals surface area contributed by atoms with E-state index in [4.69, 9.17) is 22.1 Å². The number of nitrogens with one attached hydrogen (secondary N) is 1. The summed E-state index contributed by atoms with van der Waals surface area (Å²) < 4.78 is 5.90. The molecule has 0 aliphatic heterocycles. The minimum atomic E-state index is -0.430. The van der Waals surface area contributed by atoms with E-state index in [1.165, 1.54) is 0 Å². The standard InChI is InChI=1S/C15H14BrClN2O2/c1-2-21-15(20)10-4-3-5-12(18)14(10)19-13-7-6-9(16)8-11(13)17/h3-8,19H,2,18H2,1H3. The number of nitrogens with two attached hydrogens (primary N) is 1. The molecule has 0 unspecified atom stereocenters. The second kappa shape index (κ2) is 6.83. The van der Waals surface area contributed by atoms with Crippen molar-refractivity contribution in [1.82, 2.24) is 0 Å². The maximum absolute atomic E-state index is 12.0. The number of anilines is 3. The molecule has 21 heavy (non-hydrogen) atoms. The first-order valence-electron chi connectivity index (χ1n) is 6.30. The van der Waals surface area contributed by atoms with Crippen LogP contribution in [-0.4, -0.2) is 12.6 Å². The first-order chi connectivity index (χ1) is 10.0. The van der Waals surface area contributed by atoms with E-state index >= 15 is 0 Å². The van der Waals surface area contributed by atoms with E-state index < -0.39 is 5.97 Å². The SMILES string of the molecule is CCOC(=O)c1cccc(N)c1Nc1ccc(Br)cc1Cl. The topological polar surface area (TPSA) is 64.3 Å². The second-order valence-electron chi connectivity index (χ2n) is 4.24. The van der Waals surface area contributed by atoms with E-state index in [9.17, 15) is 4.79 Å². The number of carbonyl (C=O) groups is 1. The lowest BCUT2D eigenvalue weighted by Gasteiger charge is -2.15. The van der Waals surface area contributed by atoms with Gasteiger partial charge < -0.3 is 15.8 Å². The van der Waals surface area contributed by atoms with Crippen LogP contribution in [0.2, 0.25) is 5.02 Å². The highest BCUT2D eigenvalue weighted by molar-refractivity contribution is 9.10. The molecule has 0 aliphatic carbocycles. The Balaban J connectivity index is 2.41. The third kappa shape index (κ3) is 3.68. The van der Waals surface area contributed by atoms with E-state index in [1.54, 1.807) is 37.3 Å². The van der Waals surface area contributed by atoms with E-state index in [1.807, 2.05) is 6.07 Å². The summed E-state index contributed by atoms with van der Waals surface area (Å²) in [4.78, 5) is 12.0. The summed E-state index contributed by atoms with van der Waals surface area (Å²) in [5.41, 5.74) is 7.92. The van der Waals surface area contributed by atoms with Crippen LogP contribution in [0.3, 0.4) is 0 Å². The number of benzene rings is 2. The average molecular weight is 370 g/mol. The van der Waals surface area contributed by atoms with Crippen molar-refractivity contribution in [2.45, 2.75) is 6.92 Å². The summed E-state index contributed by atoms with van der Waals surface area (Å²) in [6.45, 7) is 2.05. The Hall–Kier alpha value is -1.72. The van der Waals surface area contributed by atoms with Crippen LogP contribution in [0, 0.1) is 0 Å². The smallest absolute Gasteiger partial charge is 0.340 e. The zero-order chi connectivity index (χ0) is 15.4. The molecule has 2 aromatic rings. The van der Waals surface area contributed by atoms with E-state index in [0.29, 0.717) is 34.3 Å². The molecule has 0 aliphatic rings. The number of ether oxygens (including phenoxy) is 1. The van der Waals surface area contributed by atoms with Crippen LogP contribution in [0.4, 0.5) is 17.1 Å². The molecule has 0 atom stereocenters. The fourth-order valence-corrected chi connectivity index (χ4v) is 2.53. The highest BCUT2D eigenvalue weighted by atomic mass is 79.9. The summed E-state index contributed by atoms with van der Waals surface area (Å²) >= 11 is 9.52. The zero-order valence-electron chi connectivity index (χ0n) is 11.3. The number of para-hydroxylation sites is 1. The van der Waals surface area contributed by atoms with Crippen LogP contribution in [0.25, 0.3) is 0 Å². The van der Waals surface area contributed by atoms with Gasteiger partial charge in [-0.3, -0.25) is 0 Å². The lowest BCUT2D eigenvalue weighted by Crippen LogP contribution is -2.09. The van der Waals surface area contributed by atoms with Gasteiger partial charge in [0.25, 0.3) is 0 Å². The van der Waals surface area contributed by atoms with Gasteiger partial charge in [-0.15, -0.1) is 0 Å². The van der Waals surface area contributed by atoms with Crippen LogP contribution >= 0.6 is 27.5 Å². The summed E-state index contributed by atoms with van der Waals surface area (Å²) in [7, 11) is 0. The third-order valence-electron chi connectivity index (χ3n) is 2.78. The van der Waals surface area contributed by atoms with Gasteiger partial charge in [-0.05, 0) is 37.3 Å². The summed E-state index contributed by atoms with van der Waals surface area (Å²) in [5, 5.41) is 3.61. The molecule has 0 saturated carbocycles. The Morgan fingerprint density at radius 3 is 2.81 bits per heavy atom. The van der Waals surface area contributed by atoms with Crippen LogP contribution in [-0.2, 0) is 4.74 Å². The lowest BCUT2D eigenvalue weighted by atomic mass is 10.1. The van der Waals surface area contributed by atoms with E-state index in [0.717, 1.165) is 4.47 Å². The number of rotatable bonds is 4. The number of nitrogen functional groups attached to an aromatic ring is 1. The quantitative estimate of drug-likeness (QED) is 0.610. The minimum Gasteiger partial charge on any atom is -0.462 e. The van der Waals surface area contributed by atoms with E-state index in [2.05, 4.69) is 21.2 Å². The molecule has 0 fully saturated rings. The molecule has 2 aromatic carbocycles. The molecule has 2 rings (SSSR count). The highest BCUT2D eigenvalue weighted by Gasteiger charge is 2.15. The van der Waals surface area contributed by atoms with Crippen molar-refractivity contribution >= 4 is 50.6 Å². The van der Waals surface area contributed by atoms with Gasteiger partial charge in [0.05, 0.1) is 34.3 Å². The molecule has 0 heterocycles. The molecule has 6 heteroatoms. The minimum absolute atomic E-state index is 0.298. The van der Waals surface area contributed by atoms with Gasteiger partial charge >= 0.3 is 5.97 Å². The van der Waals surface area contributed by atoms with Crippen molar-refractivity contribution in [2.24, 2.45) is 0 Å². The van der Waals surface area contributed by atoms with Gasteiger partial charge in [0.15, 0.2) is 0 Å². The number of hydrogen-bond donors (Lipinski definition) is 2. The molecule has 4 nitrogen and oxygen atoms in total. The molecule has 110 valence electrons. The third-order valence-corrected chi connectivity index (χ3v) is 3.59. The fraction of sp³-hybridized carbons (Fsp3) is 0.133. The Kier molecular flexibility index (Phi) is 5.09. The van der Waals surface area contributed by atoms with Crippen LogP contribution in [0.15, 0.2) is 40.9 Å². The first kappa shape index (κ1) is 15.7. The number of esters is 1. The monoisotopic (exact) mass is 368 g/mol. The predicted octanol–water partition coefficient (Wildman–Crippen LogP) is 4.61. The van der Waals surface area contributed by atoms with Gasteiger partial charge in [0, 0.05) is 4.47 Å². The van der Waals surface area contributed by atoms with Gasteiger partial charge in [0.1, 0.15) is 0 Å². The maximum atomic E-state index is 12.0. The predicted molar refractivity (Wildman–Crippen MR) is 89.2 cm³/mol. The van der Waals surface area contributed by atoms with Crippen molar-refractivity contribution in [2.75, 3.05) is 17.7 Å². The van der Waals surface area contributed by atoms with Crippen molar-refractivity contribution in [3.8, 4) is 0 Å². The largest absolute Gasteiger partial charge is 0.462 e. The summed E-state index contributed by atoms with van der Waals surface area (Å²) in [6, 6.07) is 10.5. The van der Waals surface area contributed by atoms with Crippen LogP contribution in [0.5, 0.6) is 0 Å². The molecular weight excluding hydrogens is 356 g/mol. The molecule has 0 saturated heterocycles. The average Bonchev–Trinajstić information content (AvgIpc) is 2.43. The molecule has 0 radical (unpaired) electrons. The Labute approximate surface area is 136 Å².